The van der Waals surface area contributed by atoms with Gasteiger partial charge in [0, 0.05) is 26.2 Å². The van der Waals surface area contributed by atoms with Gasteiger partial charge in [-0.3, -0.25) is 0 Å². The van der Waals surface area contributed by atoms with Crippen molar-refractivity contribution in [2.75, 3.05) is 18.9 Å². The molecule has 3 N–H and O–H groups in total. The van der Waals surface area contributed by atoms with Crippen LogP contribution in [0.25, 0.3) is 11.2 Å². The average molecular weight is 192 g/mol. The molecule has 0 radical (unpaired) electrons. The Morgan fingerprint density at radius 1 is 1.57 bits per heavy atom. The van der Waals surface area contributed by atoms with E-state index in [0.29, 0.717) is 24.6 Å². The minimum Gasteiger partial charge on any atom is -0.422 e. The van der Waals surface area contributed by atoms with E-state index in [4.69, 9.17) is 10.2 Å². The van der Waals surface area contributed by atoms with Crippen molar-refractivity contribution in [3.63, 3.8) is 0 Å². The number of anilines is 1. The number of aromatic nitrogens is 2. The van der Waals surface area contributed by atoms with E-state index in [2.05, 4.69) is 15.3 Å². The molecule has 2 rings (SSSR count). The number of hydrogen-bond donors (Lipinski definition) is 2. The first-order valence-corrected chi connectivity index (χ1v) is 4.47. The number of pyridine rings is 1. The van der Waals surface area contributed by atoms with Gasteiger partial charge >= 0.3 is 0 Å². The lowest BCUT2D eigenvalue weighted by Crippen LogP contribution is -2.02. The fourth-order valence-corrected chi connectivity index (χ4v) is 1.31. The van der Waals surface area contributed by atoms with Gasteiger partial charge in [-0.15, -0.1) is 0 Å². The highest BCUT2D eigenvalue weighted by Gasteiger charge is 2.08. The molecule has 0 fully saturated rings. The van der Waals surface area contributed by atoms with Gasteiger partial charge in [0.15, 0.2) is 11.4 Å². The van der Waals surface area contributed by atoms with Crippen molar-refractivity contribution in [1.29, 1.82) is 0 Å². The van der Waals surface area contributed by atoms with Crippen molar-refractivity contribution in [2.45, 2.75) is 6.42 Å². The molecule has 2 heterocycles. The van der Waals surface area contributed by atoms with Crippen LogP contribution in [-0.2, 0) is 6.42 Å². The molecule has 0 amide bonds. The van der Waals surface area contributed by atoms with Gasteiger partial charge in [-0.25, -0.2) is 9.97 Å². The molecule has 2 aromatic heterocycles. The summed E-state index contributed by atoms with van der Waals surface area (Å²) >= 11 is 0. The molecule has 0 atom stereocenters. The zero-order valence-electron chi connectivity index (χ0n) is 7.95. The van der Waals surface area contributed by atoms with Gasteiger partial charge in [-0.2, -0.15) is 0 Å². The Morgan fingerprint density at radius 2 is 2.43 bits per heavy atom. The van der Waals surface area contributed by atoms with Gasteiger partial charge < -0.3 is 15.5 Å². The van der Waals surface area contributed by atoms with E-state index in [-0.39, 0.29) is 0 Å². The average Bonchev–Trinajstić information content (AvgIpc) is 2.60. The standard InChI is InChI=1S/C9H12N4O/c1-11-6-3-5-12-9-8(6)13-7(14-9)2-4-10/h3,5H,2,4,10H2,1H3,(H,11,12). The van der Waals surface area contributed by atoms with E-state index in [1.54, 1.807) is 6.20 Å². The topological polar surface area (TPSA) is 77.0 Å². The third-order valence-corrected chi connectivity index (χ3v) is 1.97. The highest BCUT2D eigenvalue weighted by Crippen LogP contribution is 2.20. The number of rotatable bonds is 3. The molecule has 2 aromatic rings. The molecule has 5 heteroatoms. The number of hydrogen-bond acceptors (Lipinski definition) is 5. The lowest BCUT2D eigenvalue weighted by molar-refractivity contribution is 0.523. The molecular formula is C9H12N4O. The number of nitrogens with two attached hydrogens (primary N) is 1. The second-order valence-electron chi connectivity index (χ2n) is 2.91. The van der Waals surface area contributed by atoms with Crippen LogP contribution >= 0.6 is 0 Å². The first-order valence-electron chi connectivity index (χ1n) is 4.47. The second-order valence-corrected chi connectivity index (χ2v) is 2.91. The summed E-state index contributed by atoms with van der Waals surface area (Å²) in [5.74, 6) is 0.637. The molecular weight excluding hydrogens is 180 g/mol. The van der Waals surface area contributed by atoms with Crippen LogP contribution in [0.15, 0.2) is 16.7 Å². The summed E-state index contributed by atoms with van der Waals surface area (Å²) in [6.45, 7) is 0.529. The van der Waals surface area contributed by atoms with Crippen molar-refractivity contribution in [1.82, 2.24) is 9.97 Å². The summed E-state index contributed by atoms with van der Waals surface area (Å²) in [5, 5.41) is 3.03. The van der Waals surface area contributed by atoms with E-state index >= 15 is 0 Å². The van der Waals surface area contributed by atoms with Crippen molar-refractivity contribution in [2.24, 2.45) is 5.73 Å². The molecule has 0 bridgehead atoms. The van der Waals surface area contributed by atoms with Crippen LogP contribution < -0.4 is 11.1 Å². The molecule has 14 heavy (non-hydrogen) atoms. The van der Waals surface area contributed by atoms with Crippen molar-refractivity contribution >= 4 is 16.9 Å². The molecule has 0 saturated carbocycles. The lowest BCUT2D eigenvalue weighted by atomic mass is 10.3. The normalized spacial score (nSPS) is 10.7. The van der Waals surface area contributed by atoms with Gasteiger partial charge in [0.1, 0.15) is 0 Å². The quantitative estimate of drug-likeness (QED) is 0.751. The summed E-state index contributed by atoms with van der Waals surface area (Å²) in [4.78, 5) is 8.38. The van der Waals surface area contributed by atoms with E-state index < -0.39 is 0 Å². The van der Waals surface area contributed by atoms with E-state index in [1.807, 2.05) is 13.1 Å². The predicted molar refractivity (Wildman–Crippen MR) is 54.1 cm³/mol. The molecule has 0 aromatic carbocycles. The molecule has 0 spiro atoms. The van der Waals surface area contributed by atoms with Crippen LogP contribution in [0, 0.1) is 0 Å². The lowest BCUT2D eigenvalue weighted by Gasteiger charge is -1.96. The second kappa shape index (κ2) is 3.63. The highest BCUT2D eigenvalue weighted by molar-refractivity contribution is 5.83. The molecule has 0 aliphatic rings. The Labute approximate surface area is 81.3 Å². The monoisotopic (exact) mass is 192 g/mol. The Kier molecular flexibility index (Phi) is 2.32. The molecule has 0 aliphatic heterocycles. The van der Waals surface area contributed by atoms with Crippen molar-refractivity contribution in [3.8, 4) is 0 Å². The third-order valence-electron chi connectivity index (χ3n) is 1.97. The van der Waals surface area contributed by atoms with Crippen LogP contribution in [0.2, 0.25) is 0 Å². The van der Waals surface area contributed by atoms with Crippen LogP contribution in [0.3, 0.4) is 0 Å². The maximum Gasteiger partial charge on any atom is 0.249 e. The zero-order valence-corrected chi connectivity index (χ0v) is 7.95. The summed E-state index contributed by atoms with van der Waals surface area (Å²) < 4.78 is 5.41. The minimum atomic E-state index is 0.529. The fourth-order valence-electron chi connectivity index (χ4n) is 1.31. The smallest absolute Gasteiger partial charge is 0.249 e. The highest BCUT2D eigenvalue weighted by atomic mass is 16.4. The fraction of sp³-hybridized carbons (Fsp3) is 0.333. The van der Waals surface area contributed by atoms with E-state index in [9.17, 15) is 0 Å². The Balaban J connectivity index is 2.52. The number of oxazole rings is 1. The number of fused-ring (bicyclic) bond motifs is 1. The van der Waals surface area contributed by atoms with E-state index in [1.165, 1.54) is 0 Å². The number of nitrogens with one attached hydrogen (secondary N) is 1. The first-order chi connectivity index (χ1) is 6.85. The van der Waals surface area contributed by atoms with Crippen molar-refractivity contribution in [3.05, 3.63) is 18.2 Å². The summed E-state index contributed by atoms with van der Waals surface area (Å²) in [6.07, 6.45) is 2.32. The van der Waals surface area contributed by atoms with Gasteiger partial charge in [0.25, 0.3) is 0 Å². The zero-order chi connectivity index (χ0) is 9.97. The minimum absolute atomic E-state index is 0.529. The molecule has 5 nitrogen and oxygen atoms in total. The van der Waals surface area contributed by atoms with Gasteiger partial charge in [0.2, 0.25) is 5.71 Å². The summed E-state index contributed by atoms with van der Waals surface area (Å²) in [6, 6.07) is 1.86. The van der Waals surface area contributed by atoms with Crippen LogP contribution in [-0.4, -0.2) is 23.6 Å². The van der Waals surface area contributed by atoms with Gasteiger partial charge in [-0.05, 0) is 6.07 Å². The first kappa shape index (κ1) is 8.96. The van der Waals surface area contributed by atoms with Crippen molar-refractivity contribution < 1.29 is 4.42 Å². The molecule has 0 saturated heterocycles. The largest absolute Gasteiger partial charge is 0.422 e. The Bertz CT molecular complexity index is 437. The van der Waals surface area contributed by atoms with Crippen LogP contribution in [0.5, 0.6) is 0 Å². The molecule has 0 aliphatic carbocycles. The Morgan fingerprint density at radius 3 is 3.14 bits per heavy atom. The summed E-state index contributed by atoms with van der Waals surface area (Å²) in [5.41, 5.74) is 7.65. The SMILES string of the molecule is CNc1ccnc2oc(CCN)nc12. The maximum absolute atomic E-state index is 5.42. The summed E-state index contributed by atoms with van der Waals surface area (Å²) in [7, 11) is 1.84. The third kappa shape index (κ3) is 1.42. The van der Waals surface area contributed by atoms with Gasteiger partial charge in [0.05, 0.1) is 5.69 Å². The predicted octanol–water partition coefficient (Wildman–Crippen LogP) is 0.766. The Hall–Kier alpha value is -1.62. The molecule has 74 valence electrons. The number of nitrogens with zero attached hydrogens (tertiary/aromatic N) is 2. The van der Waals surface area contributed by atoms with E-state index in [0.717, 1.165) is 11.2 Å². The van der Waals surface area contributed by atoms with Crippen LogP contribution in [0.4, 0.5) is 5.69 Å². The van der Waals surface area contributed by atoms with Gasteiger partial charge in [-0.1, -0.05) is 0 Å². The van der Waals surface area contributed by atoms with Crippen LogP contribution in [0.1, 0.15) is 5.89 Å². The molecule has 0 unspecified atom stereocenters. The maximum atomic E-state index is 5.42.